The van der Waals surface area contributed by atoms with Gasteiger partial charge in [0, 0.05) is 39.0 Å². The van der Waals surface area contributed by atoms with Gasteiger partial charge in [0.05, 0.1) is 11.4 Å². The Morgan fingerprint density at radius 2 is 1.81 bits per heavy atom. The van der Waals surface area contributed by atoms with Gasteiger partial charge >= 0.3 is 0 Å². The monoisotopic (exact) mass is 535 g/mol. The van der Waals surface area contributed by atoms with Gasteiger partial charge in [-0.3, -0.25) is 9.69 Å². The van der Waals surface area contributed by atoms with E-state index in [0.717, 1.165) is 45.0 Å². The zero-order valence-electron chi connectivity index (χ0n) is 19.3. The standard InChI is InChI=1S/C29H22BrN5O/c30-18-9-3-8-17(14-18)24-25-22(12-5-13-23(25)36)35(21-11-4-7-16-6-1-2-10-19(16)21)29-26(24)27(32)20(15-31)28(33)34-29/h1-4,6-11,14,24H,5,12-13H2,(H4,32,33,34)/t24-/m0/s1. The lowest BCUT2D eigenvalue weighted by molar-refractivity contribution is -0.116. The molecule has 0 unspecified atom stereocenters. The fourth-order valence-corrected chi connectivity index (χ4v) is 5.97. The molecule has 0 radical (unpaired) electrons. The number of nitriles is 1. The van der Waals surface area contributed by atoms with Crippen LogP contribution in [0.3, 0.4) is 0 Å². The number of rotatable bonds is 2. The number of carbonyl (C=O) groups excluding carboxylic acids is 1. The second-order valence-corrected chi connectivity index (χ2v) is 10.0. The Hall–Kier alpha value is -4.15. The number of halogens is 1. The summed E-state index contributed by atoms with van der Waals surface area (Å²) >= 11 is 3.58. The molecule has 0 saturated heterocycles. The molecule has 2 aliphatic rings. The molecule has 4 aromatic rings. The molecule has 1 atom stereocenters. The van der Waals surface area contributed by atoms with Crippen molar-refractivity contribution in [2.75, 3.05) is 16.4 Å². The Morgan fingerprint density at radius 1 is 1.03 bits per heavy atom. The summed E-state index contributed by atoms with van der Waals surface area (Å²) < 4.78 is 0.894. The Kier molecular flexibility index (Phi) is 5.27. The summed E-state index contributed by atoms with van der Waals surface area (Å²) in [6, 6.07) is 24.2. The lowest BCUT2D eigenvalue weighted by Gasteiger charge is -2.41. The number of fused-ring (bicyclic) bond motifs is 2. The molecule has 0 bridgehead atoms. The number of hydrogen-bond donors (Lipinski definition) is 2. The van der Waals surface area contributed by atoms with Gasteiger partial charge in [-0.25, -0.2) is 4.98 Å². The van der Waals surface area contributed by atoms with Gasteiger partial charge in [0.15, 0.2) is 5.78 Å². The molecule has 4 N–H and O–H groups in total. The van der Waals surface area contributed by atoms with Crippen LogP contribution in [0.4, 0.5) is 23.0 Å². The maximum atomic E-state index is 13.6. The van der Waals surface area contributed by atoms with Crippen molar-refractivity contribution in [2.24, 2.45) is 0 Å². The van der Waals surface area contributed by atoms with Gasteiger partial charge in [-0.15, -0.1) is 0 Å². The molecule has 2 heterocycles. The van der Waals surface area contributed by atoms with Crippen LogP contribution >= 0.6 is 15.9 Å². The van der Waals surface area contributed by atoms with Crippen molar-refractivity contribution >= 4 is 55.5 Å². The second-order valence-electron chi connectivity index (χ2n) is 9.09. The van der Waals surface area contributed by atoms with Crippen LogP contribution in [-0.4, -0.2) is 10.8 Å². The molecule has 0 amide bonds. The zero-order valence-corrected chi connectivity index (χ0v) is 20.9. The third kappa shape index (κ3) is 3.29. The predicted molar refractivity (Wildman–Crippen MR) is 146 cm³/mol. The van der Waals surface area contributed by atoms with Gasteiger partial charge < -0.3 is 11.5 Å². The minimum absolute atomic E-state index is 0.0816. The first-order chi connectivity index (χ1) is 17.5. The second kappa shape index (κ2) is 8.51. The highest BCUT2D eigenvalue weighted by atomic mass is 79.9. The van der Waals surface area contributed by atoms with E-state index in [9.17, 15) is 10.1 Å². The summed E-state index contributed by atoms with van der Waals surface area (Å²) in [6.45, 7) is 0. The molecule has 6 nitrogen and oxygen atoms in total. The Labute approximate surface area is 217 Å². The van der Waals surface area contributed by atoms with Gasteiger partial charge in [0.25, 0.3) is 0 Å². The highest BCUT2D eigenvalue weighted by Gasteiger charge is 2.42. The number of hydrogen-bond acceptors (Lipinski definition) is 6. The number of pyridine rings is 1. The first kappa shape index (κ1) is 22.3. The van der Waals surface area contributed by atoms with Gasteiger partial charge in [0.2, 0.25) is 0 Å². The quantitative estimate of drug-likeness (QED) is 0.310. The van der Waals surface area contributed by atoms with Crippen molar-refractivity contribution in [3.05, 3.63) is 99.2 Å². The van der Waals surface area contributed by atoms with Crippen LogP contribution in [0.1, 0.15) is 41.9 Å². The number of carbonyl (C=O) groups is 1. The Balaban J connectivity index is 1.76. The number of anilines is 4. The van der Waals surface area contributed by atoms with Crippen LogP contribution in [0.15, 0.2) is 82.5 Å². The van der Waals surface area contributed by atoms with Gasteiger partial charge in [-0.2, -0.15) is 5.26 Å². The van der Waals surface area contributed by atoms with E-state index in [2.05, 4.69) is 40.2 Å². The highest BCUT2D eigenvalue weighted by molar-refractivity contribution is 9.10. The topological polar surface area (TPSA) is 109 Å². The van der Waals surface area contributed by atoms with Gasteiger partial charge in [-0.05, 0) is 42.0 Å². The molecular formula is C29H22BrN5O. The number of Topliss-reactive ketones (excluding diaryl/α,β-unsaturated/α-hetero) is 1. The number of benzene rings is 3. The van der Waals surface area contributed by atoms with Crippen molar-refractivity contribution in [1.29, 1.82) is 5.26 Å². The molecule has 0 fully saturated rings. The minimum Gasteiger partial charge on any atom is -0.397 e. The number of nitrogen functional groups attached to an aromatic ring is 2. The third-order valence-electron chi connectivity index (χ3n) is 7.07. The van der Waals surface area contributed by atoms with Crippen molar-refractivity contribution < 1.29 is 4.79 Å². The van der Waals surface area contributed by atoms with E-state index in [1.807, 2.05) is 53.4 Å². The maximum absolute atomic E-state index is 13.6. The smallest absolute Gasteiger partial charge is 0.161 e. The largest absolute Gasteiger partial charge is 0.397 e. The molecule has 1 aromatic heterocycles. The molecule has 6 rings (SSSR count). The summed E-state index contributed by atoms with van der Waals surface area (Å²) in [5, 5.41) is 12.0. The fourth-order valence-electron chi connectivity index (χ4n) is 5.56. The molecule has 1 aliphatic heterocycles. The molecule has 0 saturated carbocycles. The molecular weight excluding hydrogens is 514 g/mol. The molecule has 36 heavy (non-hydrogen) atoms. The summed E-state index contributed by atoms with van der Waals surface area (Å²) in [5.41, 5.74) is 17.4. The lowest BCUT2D eigenvalue weighted by atomic mass is 9.74. The van der Waals surface area contributed by atoms with Crippen molar-refractivity contribution in [2.45, 2.75) is 25.2 Å². The predicted octanol–water partition coefficient (Wildman–Crippen LogP) is 6.32. The van der Waals surface area contributed by atoms with E-state index in [0.29, 0.717) is 23.4 Å². The van der Waals surface area contributed by atoms with Crippen LogP contribution in [0.2, 0.25) is 0 Å². The SMILES string of the molecule is N#Cc1c(N)nc2c(c1N)[C@@H](c1cccc(Br)c1)C1=C(CCCC1=O)N2c1cccc2ccccc12. The van der Waals surface area contributed by atoms with E-state index in [1.165, 1.54) is 0 Å². The first-order valence-corrected chi connectivity index (χ1v) is 12.6. The summed E-state index contributed by atoms with van der Waals surface area (Å²) in [5.74, 6) is 0.288. The number of ketones is 1. The maximum Gasteiger partial charge on any atom is 0.161 e. The lowest BCUT2D eigenvalue weighted by Crippen LogP contribution is -2.34. The number of aromatic nitrogens is 1. The van der Waals surface area contributed by atoms with Crippen LogP contribution < -0.4 is 16.4 Å². The first-order valence-electron chi connectivity index (χ1n) is 11.8. The van der Waals surface area contributed by atoms with Crippen molar-refractivity contribution in [1.82, 2.24) is 4.98 Å². The fraction of sp³-hybridized carbons (Fsp3) is 0.138. The van der Waals surface area contributed by atoms with Crippen LogP contribution in [0.5, 0.6) is 0 Å². The van der Waals surface area contributed by atoms with E-state index >= 15 is 0 Å². The third-order valence-corrected chi connectivity index (χ3v) is 7.57. The van der Waals surface area contributed by atoms with E-state index in [1.54, 1.807) is 0 Å². The Bertz CT molecular complexity index is 1650. The van der Waals surface area contributed by atoms with E-state index < -0.39 is 5.92 Å². The average molecular weight is 536 g/mol. The van der Waals surface area contributed by atoms with Crippen molar-refractivity contribution in [3.8, 4) is 6.07 Å². The molecule has 176 valence electrons. The van der Waals surface area contributed by atoms with Crippen molar-refractivity contribution in [3.63, 3.8) is 0 Å². The van der Waals surface area contributed by atoms with Gasteiger partial charge in [0.1, 0.15) is 23.3 Å². The Morgan fingerprint density at radius 3 is 2.61 bits per heavy atom. The minimum atomic E-state index is -0.452. The number of allylic oxidation sites excluding steroid dienone is 2. The average Bonchev–Trinajstić information content (AvgIpc) is 2.88. The normalized spacial score (nSPS) is 17.1. The summed E-state index contributed by atoms with van der Waals surface area (Å²) in [7, 11) is 0. The summed E-state index contributed by atoms with van der Waals surface area (Å²) in [6.07, 6.45) is 1.94. The number of nitrogens with zero attached hydrogens (tertiary/aromatic N) is 3. The molecule has 3 aromatic carbocycles. The van der Waals surface area contributed by atoms with Gasteiger partial charge in [-0.1, -0.05) is 64.5 Å². The van der Waals surface area contributed by atoms with Crippen LogP contribution in [0, 0.1) is 11.3 Å². The van der Waals surface area contributed by atoms with Crippen LogP contribution in [-0.2, 0) is 4.79 Å². The zero-order chi connectivity index (χ0) is 25.0. The molecule has 0 spiro atoms. The molecule has 1 aliphatic carbocycles. The highest BCUT2D eigenvalue weighted by Crippen LogP contribution is 2.53. The number of nitrogens with two attached hydrogens (primary N) is 2. The summed E-state index contributed by atoms with van der Waals surface area (Å²) in [4.78, 5) is 20.4. The van der Waals surface area contributed by atoms with E-state index in [4.69, 9.17) is 16.5 Å². The van der Waals surface area contributed by atoms with Crippen LogP contribution in [0.25, 0.3) is 10.8 Å². The molecule has 7 heteroatoms. The van der Waals surface area contributed by atoms with E-state index in [-0.39, 0.29) is 22.9 Å².